The Hall–Kier alpha value is -1.45. The molecule has 0 aliphatic carbocycles. The number of hydrogen-bond donors (Lipinski definition) is 1. The number of amides is 1. The van der Waals surface area contributed by atoms with Gasteiger partial charge in [0, 0.05) is 6.92 Å². The van der Waals surface area contributed by atoms with Crippen LogP contribution in [0.15, 0.2) is 12.4 Å². The van der Waals surface area contributed by atoms with E-state index >= 15 is 0 Å². The molecule has 1 N–H and O–H groups in total. The molecule has 0 aliphatic rings. The van der Waals surface area contributed by atoms with E-state index in [1.54, 1.807) is 6.20 Å². The van der Waals surface area contributed by atoms with Gasteiger partial charge in [-0.1, -0.05) is 0 Å². The Morgan fingerprint density at radius 1 is 1.45 bits per heavy atom. The average Bonchev–Trinajstić information content (AvgIpc) is 1.93. The van der Waals surface area contributed by atoms with Crippen molar-refractivity contribution in [3.63, 3.8) is 0 Å². The first kappa shape index (κ1) is 7.65. The number of rotatable bonds is 1. The summed E-state index contributed by atoms with van der Waals surface area (Å²) >= 11 is 0. The molecule has 4 heteroatoms. The predicted octanol–water partition coefficient (Wildman–Crippen LogP) is 0.743. The number of aromatic nitrogens is 2. The molecule has 1 aromatic heterocycles. The first-order valence-corrected chi connectivity index (χ1v) is 3.25. The molecule has 0 aliphatic heterocycles. The number of hydrogen-bond acceptors (Lipinski definition) is 3. The second kappa shape index (κ2) is 3.09. The Labute approximate surface area is 64.6 Å². The van der Waals surface area contributed by atoms with Crippen molar-refractivity contribution in [2.75, 3.05) is 5.32 Å². The Balaban J connectivity index is 2.86. The summed E-state index contributed by atoms with van der Waals surface area (Å²) in [6.07, 6.45) is 3.13. The fraction of sp³-hybridized carbons (Fsp3) is 0.286. The van der Waals surface area contributed by atoms with E-state index in [0.29, 0.717) is 5.69 Å². The van der Waals surface area contributed by atoms with E-state index in [9.17, 15) is 4.79 Å². The summed E-state index contributed by atoms with van der Waals surface area (Å²) in [5.41, 5.74) is 1.63. The highest BCUT2D eigenvalue weighted by Gasteiger charge is 1.98. The van der Waals surface area contributed by atoms with Gasteiger partial charge in [0.2, 0.25) is 5.91 Å². The van der Waals surface area contributed by atoms with Crippen molar-refractivity contribution in [3.8, 4) is 0 Å². The predicted molar refractivity (Wildman–Crippen MR) is 41.1 cm³/mol. The Morgan fingerprint density at radius 2 is 2.09 bits per heavy atom. The van der Waals surface area contributed by atoms with E-state index < -0.39 is 0 Å². The third-order valence-corrected chi connectivity index (χ3v) is 1.24. The Bertz CT molecular complexity index is 272. The van der Waals surface area contributed by atoms with E-state index in [1.807, 2.05) is 6.92 Å². The molecule has 0 spiro atoms. The quantitative estimate of drug-likeness (QED) is 0.644. The van der Waals surface area contributed by atoms with Gasteiger partial charge in [-0.2, -0.15) is 10.2 Å². The minimum Gasteiger partial charge on any atom is -0.325 e. The standard InChI is InChI=1S/C7H9N3O/c1-5-3-8-9-4-7(5)10-6(2)11/h3-4H,1-2H3,(H,8,10,11). The van der Waals surface area contributed by atoms with Crippen molar-refractivity contribution in [1.82, 2.24) is 10.2 Å². The number of nitrogens with one attached hydrogen (secondary N) is 1. The number of nitrogens with zero attached hydrogens (tertiary/aromatic N) is 2. The van der Waals surface area contributed by atoms with Crippen molar-refractivity contribution < 1.29 is 4.79 Å². The molecule has 0 aromatic carbocycles. The molecule has 0 saturated heterocycles. The van der Waals surface area contributed by atoms with Crippen molar-refractivity contribution in [2.24, 2.45) is 0 Å². The molecular weight excluding hydrogens is 142 g/mol. The highest BCUT2D eigenvalue weighted by atomic mass is 16.1. The molecular formula is C7H9N3O. The molecule has 0 fully saturated rings. The normalized spacial score (nSPS) is 9.27. The van der Waals surface area contributed by atoms with Crippen LogP contribution in [-0.4, -0.2) is 16.1 Å². The number of anilines is 1. The summed E-state index contributed by atoms with van der Waals surface area (Å²) in [7, 11) is 0. The van der Waals surface area contributed by atoms with Crippen molar-refractivity contribution >= 4 is 11.6 Å². The average molecular weight is 151 g/mol. The van der Waals surface area contributed by atoms with Gasteiger partial charge in [-0.05, 0) is 12.5 Å². The van der Waals surface area contributed by atoms with E-state index in [1.165, 1.54) is 13.1 Å². The van der Waals surface area contributed by atoms with Gasteiger partial charge in [0.25, 0.3) is 0 Å². The third kappa shape index (κ3) is 2.00. The maximum Gasteiger partial charge on any atom is 0.221 e. The molecule has 0 atom stereocenters. The molecule has 0 radical (unpaired) electrons. The number of carbonyl (C=O) groups is 1. The lowest BCUT2D eigenvalue weighted by Crippen LogP contribution is -2.07. The first-order chi connectivity index (χ1) is 5.20. The molecule has 1 amide bonds. The van der Waals surface area contributed by atoms with E-state index in [0.717, 1.165) is 5.56 Å². The minimum absolute atomic E-state index is 0.0962. The summed E-state index contributed by atoms with van der Waals surface area (Å²) < 4.78 is 0. The topological polar surface area (TPSA) is 54.9 Å². The highest BCUT2D eigenvalue weighted by molar-refractivity contribution is 5.89. The highest BCUT2D eigenvalue weighted by Crippen LogP contribution is 2.08. The van der Waals surface area contributed by atoms with Gasteiger partial charge in [0.1, 0.15) is 0 Å². The zero-order valence-electron chi connectivity index (χ0n) is 6.46. The SMILES string of the molecule is CC(=O)Nc1cnncc1C. The molecule has 1 aromatic rings. The van der Waals surface area contributed by atoms with Crippen LogP contribution in [0.1, 0.15) is 12.5 Å². The van der Waals surface area contributed by atoms with Crippen LogP contribution in [0.25, 0.3) is 0 Å². The van der Waals surface area contributed by atoms with Crippen molar-refractivity contribution in [2.45, 2.75) is 13.8 Å². The van der Waals surface area contributed by atoms with E-state index in [-0.39, 0.29) is 5.91 Å². The fourth-order valence-corrected chi connectivity index (χ4v) is 0.703. The monoisotopic (exact) mass is 151 g/mol. The van der Waals surface area contributed by atoms with Crippen LogP contribution in [0.5, 0.6) is 0 Å². The number of aryl methyl sites for hydroxylation is 1. The molecule has 1 heterocycles. The van der Waals surface area contributed by atoms with Crippen LogP contribution >= 0.6 is 0 Å². The van der Waals surface area contributed by atoms with Gasteiger partial charge < -0.3 is 5.32 Å². The van der Waals surface area contributed by atoms with E-state index in [2.05, 4.69) is 15.5 Å². The van der Waals surface area contributed by atoms with Gasteiger partial charge in [0.05, 0.1) is 18.1 Å². The second-order valence-electron chi connectivity index (χ2n) is 2.27. The lowest BCUT2D eigenvalue weighted by atomic mass is 10.3. The van der Waals surface area contributed by atoms with Crippen LogP contribution in [0, 0.1) is 6.92 Å². The maximum absolute atomic E-state index is 10.6. The van der Waals surface area contributed by atoms with Gasteiger partial charge in [-0.15, -0.1) is 0 Å². The van der Waals surface area contributed by atoms with Crippen molar-refractivity contribution in [3.05, 3.63) is 18.0 Å². The first-order valence-electron chi connectivity index (χ1n) is 3.25. The van der Waals surface area contributed by atoms with Gasteiger partial charge in [-0.25, -0.2) is 0 Å². The molecule has 0 bridgehead atoms. The molecule has 0 unspecified atom stereocenters. The summed E-state index contributed by atoms with van der Waals surface area (Å²) in [6, 6.07) is 0. The number of carbonyl (C=O) groups excluding carboxylic acids is 1. The summed E-state index contributed by atoms with van der Waals surface area (Å²) in [5, 5.41) is 9.92. The lowest BCUT2D eigenvalue weighted by Gasteiger charge is -2.02. The molecule has 1 rings (SSSR count). The zero-order valence-corrected chi connectivity index (χ0v) is 6.46. The van der Waals surface area contributed by atoms with Crippen molar-refractivity contribution in [1.29, 1.82) is 0 Å². The molecule has 4 nitrogen and oxygen atoms in total. The van der Waals surface area contributed by atoms with Crippen LogP contribution in [-0.2, 0) is 4.79 Å². The molecule has 58 valence electrons. The maximum atomic E-state index is 10.6. The Morgan fingerprint density at radius 3 is 2.64 bits per heavy atom. The molecule has 11 heavy (non-hydrogen) atoms. The van der Waals surface area contributed by atoms with Gasteiger partial charge in [-0.3, -0.25) is 4.79 Å². The minimum atomic E-state index is -0.0962. The largest absolute Gasteiger partial charge is 0.325 e. The Kier molecular flexibility index (Phi) is 2.15. The van der Waals surface area contributed by atoms with Crippen LogP contribution in [0.3, 0.4) is 0 Å². The van der Waals surface area contributed by atoms with Crippen LogP contribution < -0.4 is 5.32 Å². The molecule has 0 saturated carbocycles. The lowest BCUT2D eigenvalue weighted by molar-refractivity contribution is -0.114. The summed E-state index contributed by atoms with van der Waals surface area (Å²) in [4.78, 5) is 10.6. The summed E-state index contributed by atoms with van der Waals surface area (Å²) in [5.74, 6) is -0.0962. The smallest absolute Gasteiger partial charge is 0.221 e. The van der Waals surface area contributed by atoms with Crippen LogP contribution in [0.4, 0.5) is 5.69 Å². The van der Waals surface area contributed by atoms with Gasteiger partial charge >= 0.3 is 0 Å². The van der Waals surface area contributed by atoms with Crippen LogP contribution in [0.2, 0.25) is 0 Å². The zero-order chi connectivity index (χ0) is 8.27. The third-order valence-electron chi connectivity index (χ3n) is 1.24. The van der Waals surface area contributed by atoms with Gasteiger partial charge in [0.15, 0.2) is 0 Å². The second-order valence-corrected chi connectivity index (χ2v) is 2.27. The fourth-order valence-electron chi connectivity index (χ4n) is 0.703. The van der Waals surface area contributed by atoms with E-state index in [4.69, 9.17) is 0 Å². The summed E-state index contributed by atoms with van der Waals surface area (Å²) in [6.45, 7) is 3.32.